The Morgan fingerprint density at radius 2 is 0.634 bits per heavy atom. The van der Waals surface area contributed by atoms with Crippen LogP contribution >= 0.6 is 0 Å². The van der Waals surface area contributed by atoms with E-state index in [1.807, 2.05) is 6.08 Å². The average molecular weight is 1440 g/mol. The third kappa shape index (κ3) is 53.8. The molecule has 12 unspecified atom stereocenters. The van der Waals surface area contributed by atoms with Crippen molar-refractivity contribution in [1.82, 2.24) is 5.32 Å². The number of aliphatic hydroxyl groups excluding tert-OH is 8. The zero-order valence-electron chi connectivity index (χ0n) is 65.9. The van der Waals surface area contributed by atoms with E-state index in [0.717, 1.165) is 32.1 Å². The molecule has 14 heteroatoms. The molecule has 0 aromatic rings. The van der Waals surface area contributed by atoms with E-state index in [1.165, 1.54) is 366 Å². The van der Waals surface area contributed by atoms with Crippen molar-refractivity contribution in [2.45, 2.75) is 505 Å². The molecule has 0 aliphatic carbocycles. The number of carbonyl (C=O) groups excluding carboxylic acids is 1. The van der Waals surface area contributed by atoms with Crippen molar-refractivity contribution in [2.75, 3.05) is 19.8 Å². The lowest BCUT2D eigenvalue weighted by molar-refractivity contribution is -0.359. The molecule has 9 N–H and O–H groups in total. The van der Waals surface area contributed by atoms with Gasteiger partial charge >= 0.3 is 0 Å². The van der Waals surface area contributed by atoms with Crippen molar-refractivity contribution in [1.29, 1.82) is 0 Å². The number of carbonyl (C=O) groups is 1. The van der Waals surface area contributed by atoms with Crippen LogP contribution in [0.2, 0.25) is 0 Å². The van der Waals surface area contributed by atoms with E-state index in [9.17, 15) is 45.6 Å². The van der Waals surface area contributed by atoms with Gasteiger partial charge in [0, 0.05) is 6.42 Å². The van der Waals surface area contributed by atoms with Crippen LogP contribution in [0.4, 0.5) is 0 Å². The first-order valence-corrected chi connectivity index (χ1v) is 44.1. The van der Waals surface area contributed by atoms with Crippen LogP contribution in [0.3, 0.4) is 0 Å². The third-order valence-corrected chi connectivity index (χ3v) is 21.9. The summed E-state index contributed by atoms with van der Waals surface area (Å²) < 4.78 is 22.9. The van der Waals surface area contributed by atoms with Gasteiger partial charge in [0.1, 0.15) is 48.8 Å². The van der Waals surface area contributed by atoms with E-state index in [0.29, 0.717) is 12.8 Å². The summed E-state index contributed by atoms with van der Waals surface area (Å²) in [6.45, 7) is 2.86. The molecule has 12 atom stereocenters. The number of allylic oxidation sites excluding steroid dienone is 3. The fourth-order valence-corrected chi connectivity index (χ4v) is 15.0. The zero-order valence-corrected chi connectivity index (χ0v) is 65.9. The third-order valence-electron chi connectivity index (χ3n) is 21.9. The Bertz CT molecular complexity index is 1790. The minimum atomic E-state index is -1.79. The SMILES string of the molecule is CCCCCCCCCCCCCCCCCCCCCCC/C=C/CC/C=C/C(O)C(COC1OC(CO)C(OC2OC(CO)C(O)C(O)C2O)C(O)C1O)NC(=O)CCCCCCCCCCCCCCCCCCCCCCCCCCCCCCCCCCCCCCCCCC. The van der Waals surface area contributed by atoms with Crippen LogP contribution in [0, 0.1) is 0 Å². The molecule has 2 aliphatic rings. The molecule has 2 rings (SSSR count). The van der Waals surface area contributed by atoms with Crippen LogP contribution in [0.5, 0.6) is 0 Å². The first-order chi connectivity index (χ1) is 49.6. The van der Waals surface area contributed by atoms with E-state index >= 15 is 0 Å². The minimum absolute atomic E-state index is 0.239. The van der Waals surface area contributed by atoms with Gasteiger partial charge in [-0.2, -0.15) is 0 Å². The van der Waals surface area contributed by atoms with Gasteiger partial charge in [0.05, 0.1) is 32.0 Å². The number of unbranched alkanes of at least 4 members (excludes halogenated alkanes) is 61. The monoisotopic (exact) mass is 1430 g/mol. The van der Waals surface area contributed by atoms with Gasteiger partial charge in [-0.05, 0) is 32.1 Å². The molecule has 101 heavy (non-hydrogen) atoms. The fourth-order valence-electron chi connectivity index (χ4n) is 15.0. The summed E-state index contributed by atoms with van der Waals surface area (Å²) in [6, 6.07) is -0.931. The smallest absolute Gasteiger partial charge is 0.220 e. The molecule has 2 fully saturated rings. The fraction of sp³-hybridized carbons (Fsp3) is 0.943. The Morgan fingerprint density at radius 1 is 0.347 bits per heavy atom. The molecular formula is C87H167NO13. The summed E-state index contributed by atoms with van der Waals surface area (Å²) in [6.07, 6.45) is 77.4. The lowest BCUT2D eigenvalue weighted by Gasteiger charge is -2.46. The average Bonchev–Trinajstić information content (AvgIpc) is 0.791. The second kappa shape index (κ2) is 71.4. The molecular weight excluding hydrogens is 1270 g/mol. The Hall–Kier alpha value is -1.53. The maximum atomic E-state index is 13.4. The highest BCUT2D eigenvalue weighted by Crippen LogP contribution is 2.31. The van der Waals surface area contributed by atoms with Crippen molar-refractivity contribution in [2.24, 2.45) is 0 Å². The van der Waals surface area contributed by atoms with Crippen molar-refractivity contribution >= 4 is 5.91 Å². The van der Waals surface area contributed by atoms with Gasteiger partial charge in [-0.15, -0.1) is 0 Å². The second-order valence-corrected chi connectivity index (χ2v) is 31.4. The van der Waals surface area contributed by atoms with Crippen LogP contribution in [0.15, 0.2) is 24.3 Å². The molecule has 0 bridgehead atoms. The van der Waals surface area contributed by atoms with Crippen LogP contribution in [0.25, 0.3) is 0 Å². The second-order valence-electron chi connectivity index (χ2n) is 31.4. The van der Waals surface area contributed by atoms with E-state index in [1.54, 1.807) is 6.08 Å². The number of rotatable bonds is 76. The number of aliphatic hydroxyl groups is 8. The van der Waals surface area contributed by atoms with Gasteiger partial charge in [-0.1, -0.05) is 417 Å². The summed E-state index contributed by atoms with van der Waals surface area (Å²) in [7, 11) is 0. The lowest BCUT2D eigenvalue weighted by atomic mass is 9.97. The molecule has 598 valence electrons. The highest BCUT2D eigenvalue weighted by Gasteiger charge is 2.51. The summed E-state index contributed by atoms with van der Waals surface area (Å²) in [5, 5.41) is 87.8. The molecule has 2 saturated heterocycles. The summed E-state index contributed by atoms with van der Waals surface area (Å²) >= 11 is 0. The number of hydrogen-bond acceptors (Lipinski definition) is 13. The molecule has 0 radical (unpaired) electrons. The Balaban J connectivity index is 1.56. The van der Waals surface area contributed by atoms with Crippen molar-refractivity contribution < 1.29 is 64.6 Å². The first-order valence-electron chi connectivity index (χ1n) is 44.1. The quantitative estimate of drug-likeness (QED) is 0.0204. The number of nitrogens with one attached hydrogen (secondary N) is 1. The molecule has 0 saturated carbocycles. The van der Waals surface area contributed by atoms with Crippen LogP contribution in [0.1, 0.15) is 431 Å². The predicted molar refractivity (Wildman–Crippen MR) is 420 cm³/mol. The Kier molecular flexibility index (Phi) is 67.5. The Labute approximate surface area is 621 Å². The van der Waals surface area contributed by atoms with Crippen LogP contribution in [-0.4, -0.2) is 140 Å². The standard InChI is InChI=1S/C87H167NO13/c1-3-5-7-9-11-13-15-17-19-21-23-25-27-29-31-32-33-34-35-36-37-38-39-40-41-42-43-45-47-49-51-53-55-57-59-61-63-65-67-69-71-79(92)88-75(74-98-86-84(97)82(95)85(78(73-90)100-86)101-87-83(96)81(94)80(93)77(72-89)99-87)76(91)70-68-66-64-62-60-58-56-54-52-50-48-46-44-30-28-26-24-22-20-18-16-14-12-10-8-6-4-2/h60,62,68,70,75-78,80-87,89-91,93-97H,3-59,61,63-67,69,71-74H2,1-2H3,(H,88,92)/b62-60+,70-68+. The molecule has 0 spiro atoms. The van der Waals surface area contributed by atoms with Crippen molar-refractivity contribution in [3.8, 4) is 0 Å². The normalized spacial score (nSPS) is 21.8. The van der Waals surface area contributed by atoms with Gasteiger partial charge < -0.3 is 65.1 Å². The van der Waals surface area contributed by atoms with Crippen LogP contribution < -0.4 is 5.32 Å². The molecule has 14 nitrogen and oxygen atoms in total. The first kappa shape index (κ1) is 95.5. The van der Waals surface area contributed by atoms with Gasteiger partial charge in [0.25, 0.3) is 0 Å². The van der Waals surface area contributed by atoms with Gasteiger partial charge in [-0.3, -0.25) is 4.79 Å². The molecule has 2 aliphatic heterocycles. The van der Waals surface area contributed by atoms with Gasteiger partial charge in [0.2, 0.25) is 5.91 Å². The molecule has 0 aromatic heterocycles. The van der Waals surface area contributed by atoms with Crippen molar-refractivity contribution in [3.05, 3.63) is 24.3 Å². The van der Waals surface area contributed by atoms with Crippen molar-refractivity contribution in [3.63, 3.8) is 0 Å². The topological polar surface area (TPSA) is 228 Å². The summed E-state index contributed by atoms with van der Waals surface area (Å²) in [5.41, 5.74) is 0. The zero-order chi connectivity index (χ0) is 73.0. The molecule has 2 heterocycles. The minimum Gasteiger partial charge on any atom is -0.394 e. The van der Waals surface area contributed by atoms with E-state index in [2.05, 4.69) is 31.3 Å². The number of ether oxygens (including phenoxy) is 4. The van der Waals surface area contributed by atoms with Crippen LogP contribution in [-0.2, 0) is 23.7 Å². The predicted octanol–water partition coefficient (Wildman–Crippen LogP) is 21.0. The van der Waals surface area contributed by atoms with Gasteiger partial charge in [0.15, 0.2) is 12.6 Å². The maximum absolute atomic E-state index is 13.4. The Morgan fingerprint density at radius 3 is 0.970 bits per heavy atom. The van der Waals surface area contributed by atoms with E-state index < -0.39 is 86.8 Å². The van der Waals surface area contributed by atoms with E-state index in [-0.39, 0.29) is 18.9 Å². The largest absolute Gasteiger partial charge is 0.394 e. The lowest BCUT2D eigenvalue weighted by Crippen LogP contribution is -2.65. The van der Waals surface area contributed by atoms with Gasteiger partial charge in [-0.25, -0.2) is 0 Å². The number of amides is 1. The molecule has 0 aromatic carbocycles. The highest BCUT2D eigenvalue weighted by molar-refractivity contribution is 5.76. The maximum Gasteiger partial charge on any atom is 0.220 e. The summed E-state index contributed by atoms with van der Waals surface area (Å²) in [5.74, 6) is -0.239. The molecule has 1 amide bonds. The number of hydrogen-bond donors (Lipinski definition) is 9. The summed E-state index contributed by atoms with van der Waals surface area (Å²) in [4.78, 5) is 13.4. The van der Waals surface area contributed by atoms with E-state index in [4.69, 9.17) is 18.9 Å². The highest BCUT2D eigenvalue weighted by atomic mass is 16.7.